The number of aryl methyl sites for hydroxylation is 2. The molecule has 0 atom stereocenters. The summed E-state index contributed by atoms with van der Waals surface area (Å²) in [5, 5.41) is 3.05. The largest absolute Gasteiger partial charge is 0.315 e. The van der Waals surface area contributed by atoms with Crippen LogP contribution in [0.15, 0.2) is 42.4 Å². The normalized spacial score (nSPS) is 16.8. The number of allylic oxidation sites excluding steroid dienone is 2. The Labute approximate surface area is 234 Å². The lowest BCUT2D eigenvalue weighted by molar-refractivity contribution is -0.125. The van der Waals surface area contributed by atoms with Crippen molar-refractivity contribution >= 4 is 35.3 Å². The number of nitrogens with zero attached hydrogens (tertiary/aromatic N) is 3. The molecule has 1 saturated heterocycles. The van der Waals surface area contributed by atoms with Crippen LogP contribution in [0.1, 0.15) is 80.9 Å². The maximum atomic E-state index is 12.7. The number of nitrogens with one attached hydrogen (secondary N) is 1. The quantitative estimate of drug-likeness (QED) is 0.161. The summed E-state index contributed by atoms with van der Waals surface area (Å²) >= 11 is 1.87. The lowest BCUT2D eigenvalue weighted by Gasteiger charge is -2.34. The van der Waals surface area contributed by atoms with Gasteiger partial charge in [-0.2, -0.15) is 0 Å². The number of hydrogen-bond acceptors (Lipinski definition) is 5. The molecule has 1 spiro atoms. The molecule has 1 fully saturated rings. The maximum absolute atomic E-state index is 12.7. The van der Waals surface area contributed by atoms with E-state index in [1.165, 1.54) is 16.7 Å². The highest BCUT2D eigenvalue weighted by Gasteiger charge is 2.45. The highest BCUT2D eigenvalue weighted by Crippen LogP contribution is 2.33. The Morgan fingerprint density at radius 3 is 2.34 bits per heavy atom. The first-order valence-electron chi connectivity index (χ1n) is 14.2. The van der Waals surface area contributed by atoms with Crippen LogP contribution in [-0.2, 0) is 16.0 Å². The summed E-state index contributed by atoms with van der Waals surface area (Å²) in [4.78, 5) is 32.0. The number of carbonyl (C=O) groups is 2. The van der Waals surface area contributed by atoms with Crippen LogP contribution in [0.2, 0.25) is 0 Å². The summed E-state index contributed by atoms with van der Waals surface area (Å²) in [5.41, 5.74) is 4.26. The number of unbranched alkanes of at least 4 members (excludes halogenated alkanes) is 4. The average Bonchev–Trinajstić information content (AvgIpc) is 3.20. The lowest BCUT2D eigenvalue weighted by atomic mass is 9.89. The summed E-state index contributed by atoms with van der Waals surface area (Å²) in [7, 11) is 1.88. The molecule has 0 aromatic heterocycles. The van der Waals surface area contributed by atoms with Crippen molar-refractivity contribution in [2.45, 2.75) is 90.0 Å². The first-order chi connectivity index (χ1) is 18.3. The molecule has 2 aliphatic heterocycles. The zero-order valence-corrected chi connectivity index (χ0v) is 24.5. The Morgan fingerprint density at radius 1 is 1.08 bits per heavy atom. The van der Waals surface area contributed by atoms with Gasteiger partial charge in [-0.1, -0.05) is 24.1 Å². The van der Waals surface area contributed by atoms with Crippen molar-refractivity contribution in [3.05, 3.63) is 54.1 Å². The van der Waals surface area contributed by atoms with E-state index in [2.05, 4.69) is 48.8 Å². The molecule has 2 heterocycles. The zero-order valence-electron chi connectivity index (χ0n) is 23.7. The van der Waals surface area contributed by atoms with Crippen LogP contribution in [0.4, 0.5) is 5.69 Å². The van der Waals surface area contributed by atoms with Crippen LogP contribution in [0.25, 0.3) is 0 Å². The van der Waals surface area contributed by atoms with E-state index >= 15 is 0 Å². The summed E-state index contributed by atoms with van der Waals surface area (Å²) in [6.07, 6.45) is 13.8. The van der Waals surface area contributed by atoms with Crippen molar-refractivity contribution in [2.24, 2.45) is 4.99 Å². The van der Waals surface area contributed by atoms with E-state index in [4.69, 9.17) is 4.99 Å². The number of carbonyl (C=O) groups excluding carboxylic acids is 2. The second kappa shape index (κ2) is 14.7. The van der Waals surface area contributed by atoms with Crippen molar-refractivity contribution in [3.63, 3.8) is 0 Å². The fraction of sp³-hybridized carbons (Fsp3) is 0.581. The smallest absolute Gasteiger partial charge is 0.253 e. The van der Waals surface area contributed by atoms with Gasteiger partial charge in [0, 0.05) is 44.4 Å². The van der Waals surface area contributed by atoms with Crippen LogP contribution in [-0.4, -0.2) is 53.4 Å². The highest BCUT2D eigenvalue weighted by molar-refractivity contribution is 7.97. The molecule has 1 aromatic carbocycles. The molecule has 0 radical (unpaired) electrons. The molecule has 0 saturated carbocycles. The number of amidine groups is 1. The molecule has 2 amide bonds. The van der Waals surface area contributed by atoms with Crippen LogP contribution in [0, 0.1) is 13.8 Å². The molecule has 0 aliphatic carbocycles. The summed E-state index contributed by atoms with van der Waals surface area (Å²) in [6.45, 7) is 13.6. The first kappa shape index (κ1) is 30.2. The Bertz CT molecular complexity index is 1000. The summed E-state index contributed by atoms with van der Waals surface area (Å²) in [6, 6.07) is 4.29. The second-order valence-corrected chi connectivity index (χ2v) is 11.8. The SMILES string of the molecule is C=CCCCCC(=O)N(C)c1cc(C)c(CCSN2CCC3(CC2)N=C(CCCCC=C)NC3=O)c(C)c1. The van der Waals surface area contributed by atoms with Crippen LogP contribution >= 0.6 is 11.9 Å². The van der Waals surface area contributed by atoms with Crippen LogP contribution in [0.3, 0.4) is 0 Å². The van der Waals surface area contributed by atoms with Crippen molar-refractivity contribution in [1.82, 2.24) is 9.62 Å². The topological polar surface area (TPSA) is 65.0 Å². The van der Waals surface area contributed by atoms with Crippen molar-refractivity contribution in [2.75, 3.05) is 30.8 Å². The molecule has 7 heteroatoms. The van der Waals surface area contributed by atoms with E-state index in [-0.39, 0.29) is 11.8 Å². The van der Waals surface area contributed by atoms with E-state index < -0.39 is 5.54 Å². The Balaban J connectivity index is 1.46. The molecular formula is C31H46N4O2S. The summed E-state index contributed by atoms with van der Waals surface area (Å²) < 4.78 is 2.40. The van der Waals surface area contributed by atoms with E-state index in [1.54, 1.807) is 4.90 Å². The third-order valence-corrected chi connectivity index (χ3v) is 8.88. The average molecular weight is 539 g/mol. The molecule has 0 unspecified atom stereocenters. The van der Waals surface area contributed by atoms with Gasteiger partial charge in [-0.25, -0.2) is 0 Å². The molecular weight excluding hydrogens is 492 g/mol. The Morgan fingerprint density at radius 2 is 1.71 bits per heavy atom. The lowest BCUT2D eigenvalue weighted by Crippen LogP contribution is -2.47. The van der Waals surface area contributed by atoms with Crippen LogP contribution < -0.4 is 10.2 Å². The molecule has 1 aromatic rings. The first-order valence-corrected chi connectivity index (χ1v) is 15.1. The third-order valence-electron chi connectivity index (χ3n) is 7.77. The fourth-order valence-electron chi connectivity index (χ4n) is 5.32. The third kappa shape index (κ3) is 8.06. The zero-order chi connectivity index (χ0) is 27.5. The second-order valence-electron chi connectivity index (χ2n) is 10.6. The number of anilines is 1. The molecule has 6 nitrogen and oxygen atoms in total. The number of piperidine rings is 1. The number of benzene rings is 1. The van der Waals surface area contributed by atoms with Gasteiger partial charge in [-0.15, -0.1) is 13.2 Å². The molecule has 38 heavy (non-hydrogen) atoms. The van der Waals surface area contributed by atoms with Crippen molar-refractivity contribution < 1.29 is 9.59 Å². The monoisotopic (exact) mass is 538 g/mol. The van der Waals surface area contributed by atoms with Gasteiger partial charge in [-0.3, -0.25) is 18.9 Å². The number of amides is 2. The summed E-state index contributed by atoms with van der Waals surface area (Å²) in [5.74, 6) is 2.12. The molecule has 1 N–H and O–H groups in total. The fourth-order valence-corrected chi connectivity index (χ4v) is 6.31. The standard InChI is InChI=1S/C31H46N4O2S/c1-6-8-10-12-14-28-32-30(37)31(33-28)17-19-35(20-18-31)38-21-16-27-24(3)22-26(23-25(27)4)34(5)29(36)15-13-11-9-7-2/h6-7,22-23H,1-2,8-21H2,3-5H3,(H,32,33,37). The van der Waals surface area contributed by atoms with E-state index in [0.29, 0.717) is 6.42 Å². The molecule has 208 valence electrons. The van der Waals surface area contributed by atoms with Gasteiger partial charge < -0.3 is 10.2 Å². The number of aliphatic imine (C=N–C) groups is 1. The van der Waals surface area contributed by atoms with Gasteiger partial charge in [0.2, 0.25) is 5.91 Å². The molecule has 2 aliphatic rings. The Kier molecular flexibility index (Phi) is 11.7. The van der Waals surface area contributed by atoms with Gasteiger partial charge >= 0.3 is 0 Å². The van der Waals surface area contributed by atoms with Crippen molar-refractivity contribution in [3.8, 4) is 0 Å². The molecule has 3 rings (SSSR count). The number of hydrogen-bond donors (Lipinski definition) is 1. The highest BCUT2D eigenvalue weighted by atomic mass is 32.2. The molecule has 0 bridgehead atoms. The van der Waals surface area contributed by atoms with Crippen LogP contribution in [0.5, 0.6) is 0 Å². The minimum Gasteiger partial charge on any atom is -0.315 e. The van der Waals surface area contributed by atoms with Crippen molar-refractivity contribution in [1.29, 1.82) is 0 Å². The van der Waals surface area contributed by atoms with Gasteiger partial charge in [-0.05, 0) is 100 Å². The van der Waals surface area contributed by atoms with Gasteiger partial charge in [0.05, 0.1) is 0 Å². The minimum absolute atomic E-state index is 0.0902. The van der Waals surface area contributed by atoms with E-state index in [9.17, 15) is 9.59 Å². The Hall–Kier alpha value is -2.38. The van der Waals surface area contributed by atoms with Gasteiger partial charge in [0.25, 0.3) is 5.91 Å². The van der Waals surface area contributed by atoms with E-state index in [0.717, 1.165) is 94.6 Å². The van der Waals surface area contributed by atoms with Gasteiger partial charge in [0.15, 0.2) is 0 Å². The van der Waals surface area contributed by atoms with E-state index in [1.807, 2.05) is 31.1 Å². The predicted octanol–water partition coefficient (Wildman–Crippen LogP) is 6.31. The number of rotatable bonds is 15. The predicted molar refractivity (Wildman–Crippen MR) is 162 cm³/mol. The minimum atomic E-state index is -0.553. The van der Waals surface area contributed by atoms with Gasteiger partial charge in [0.1, 0.15) is 11.4 Å². The maximum Gasteiger partial charge on any atom is 0.253 e.